The summed E-state index contributed by atoms with van der Waals surface area (Å²) in [4.78, 5) is 23.5. The summed E-state index contributed by atoms with van der Waals surface area (Å²) in [5.41, 5.74) is 1.24. The Kier molecular flexibility index (Phi) is 4.85. The molecule has 0 saturated heterocycles. The molecular formula is C19H11ClN2O3S. The van der Waals surface area contributed by atoms with E-state index < -0.39 is 4.92 Å². The van der Waals surface area contributed by atoms with E-state index in [1.54, 1.807) is 12.1 Å². The van der Waals surface area contributed by atoms with Gasteiger partial charge < -0.3 is 0 Å². The van der Waals surface area contributed by atoms with Crippen LogP contribution in [0.4, 0.5) is 5.69 Å². The molecule has 2 aromatic carbocycles. The van der Waals surface area contributed by atoms with E-state index >= 15 is 0 Å². The van der Waals surface area contributed by atoms with Gasteiger partial charge in [-0.05, 0) is 59.8 Å². The zero-order valence-electron chi connectivity index (χ0n) is 13.5. The van der Waals surface area contributed by atoms with E-state index in [9.17, 15) is 20.2 Å². The fourth-order valence-corrected chi connectivity index (χ4v) is 3.86. The van der Waals surface area contributed by atoms with Gasteiger partial charge in [-0.25, -0.2) is 0 Å². The maximum atomic E-state index is 12.8. The first-order chi connectivity index (χ1) is 12.4. The lowest BCUT2D eigenvalue weighted by molar-refractivity contribution is -0.384. The molecule has 0 radical (unpaired) electrons. The molecule has 0 spiro atoms. The summed E-state index contributed by atoms with van der Waals surface area (Å²) in [5, 5.41) is 21.6. The number of ketones is 1. The Morgan fingerprint density at radius 3 is 2.58 bits per heavy atom. The number of hydrogen-bond donors (Lipinski definition) is 0. The van der Waals surface area contributed by atoms with Crippen LogP contribution in [0.15, 0.2) is 48.0 Å². The van der Waals surface area contributed by atoms with Crippen LogP contribution in [0.3, 0.4) is 0 Å². The largest absolute Gasteiger partial charge is 0.287 e. The van der Waals surface area contributed by atoms with Gasteiger partial charge in [0.1, 0.15) is 11.6 Å². The van der Waals surface area contributed by atoms with Crippen molar-refractivity contribution in [2.45, 2.75) is 6.92 Å². The topological polar surface area (TPSA) is 84.0 Å². The zero-order valence-corrected chi connectivity index (χ0v) is 15.1. The molecule has 0 atom stereocenters. The Labute approximate surface area is 157 Å². The van der Waals surface area contributed by atoms with Crippen LogP contribution >= 0.6 is 22.9 Å². The third-order valence-corrected chi connectivity index (χ3v) is 5.39. The van der Waals surface area contributed by atoms with Crippen molar-refractivity contribution in [2.24, 2.45) is 0 Å². The number of nitro groups is 1. The van der Waals surface area contributed by atoms with Gasteiger partial charge in [0, 0.05) is 21.9 Å². The highest BCUT2D eigenvalue weighted by molar-refractivity contribution is 7.21. The monoisotopic (exact) mass is 382 g/mol. The van der Waals surface area contributed by atoms with Crippen molar-refractivity contribution in [3.05, 3.63) is 79.2 Å². The van der Waals surface area contributed by atoms with Gasteiger partial charge in [-0.15, -0.1) is 11.3 Å². The van der Waals surface area contributed by atoms with Crippen molar-refractivity contribution < 1.29 is 9.72 Å². The van der Waals surface area contributed by atoms with Crippen molar-refractivity contribution in [2.75, 3.05) is 0 Å². The zero-order chi connectivity index (χ0) is 18.8. The summed E-state index contributed by atoms with van der Waals surface area (Å²) >= 11 is 7.33. The van der Waals surface area contributed by atoms with E-state index in [0.29, 0.717) is 15.5 Å². The highest BCUT2D eigenvalue weighted by Crippen LogP contribution is 2.34. The SMILES string of the molecule is Cc1c(C(=O)/C(C#N)=C/c2ccc([N+](=O)[O-])cc2)sc2ccc(Cl)cc12. The minimum absolute atomic E-state index is 0.0281. The number of rotatable bonds is 4. The van der Waals surface area contributed by atoms with Gasteiger partial charge in [0.2, 0.25) is 5.78 Å². The number of nitriles is 1. The number of fused-ring (bicyclic) bond motifs is 1. The number of carbonyl (C=O) groups is 1. The molecule has 0 bridgehead atoms. The number of nitrogens with zero attached hydrogens (tertiary/aromatic N) is 2. The Balaban J connectivity index is 2.00. The van der Waals surface area contributed by atoms with Crippen molar-refractivity contribution in [1.29, 1.82) is 5.26 Å². The summed E-state index contributed by atoms with van der Waals surface area (Å²) < 4.78 is 0.919. The first-order valence-electron chi connectivity index (χ1n) is 7.50. The molecule has 1 heterocycles. The van der Waals surface area contributed by atoms with Crippen LogP contribution in [0.5, 0.6) is 0 Å². The lowest BCUT2D eigenvalue weighted by atomic mass is 10.0. The van der Waals surface area contributed by atoms with Crippen LogP contribution < -0.4 is 0 Å². The second-order valence-corrected chi connectivity index (χ2v) is 7.03. The van der Waals surface area contributed by atoms with E-state index in [2.05, 4.69) is 0 Å². The number of nitro benzene ring substituents is 1. The minimum atomic E-state index is -0.504. The highest BCUT2D eigenvalue weighted by Gasteiger charge is 2.19. The van der Waals surface area contributed by atoms with E-state index in [1.165, 1.54) is 41.7 Å². The molecule has 1 aromatic heterocycles. The number of aryl methyl sites for hydroxylation is 1. The van der Waals surface area contributed by atoms with E-state index in [0.717, 1.165) is 15.6 Å². The molecule has 0 aliphatic heterocycles. The van der Waals surface area contributed by atoms with Gasteiger partial charge in [0.15, 0.2) is 0 Å². The smallest absolute Gasteiger partial charge is 0.269 e. The molecule has 0 aliphatic carbocycles. The molecule has 0 amide bonds. The first kappa shape index (κ1) is 17.8. The quantitative estimate of drug-likeness (QED) is 0.194. The molecule has 0 aliphatic rings. The van der Waals surface area contributed by atoms with E-state index in [4.69, 9.17) is 11.6 Å². The number of allylic oxidation sites excluding steroid dienone is 1. The van der Waals surface area contributed by atoms with Gasteiger partial charge in [-0.2, -0.15) is 5.26 Å². The van der Waals surface area contributed by atoms with E-state index in [-0.39, 0.29) is 17.0 Å². The maximum Gasteiger partial charge on any atom is 0.269 e. The molecular weight excluding hydrogens is 372 g/mol. The number of halogens is 1. The normalized spacial score (nSPS) is 11.3. The summed E-state index contributed by atoms with van der Waals surface area (Å²) in [7, 11) is 0. The maximum absolute atomic E-state index is 12.8. The molecule has 7 heteroatoms. The number of non-ortho nitro benzene ring substituents is 1. The number of benzene rings is 2. The lowest BCUT2D eigenvalue weighted by Gasteiger charge is -1.99. The summed E-state index contributed by atoms with van der Waals surface area (Å²) in [6.07, 6.45) is 1.43. The molecule has 5 nitrogen and oxygen atoms in total. The average Bonchev–Trinajstić information content (AvgIpc) is 2.96. The van der Waals surface area contributed by atoms with Gasteiger partial charge in [0.25, 0.3) is 5.69 Å². The molecule has 3 rings (SSSR count). The number of hydrogen-bond acceptors (Lipinski definition) is 5. The standard InChI is InChI=1S/C19H11ClN2O3S/c1-11-16-9-14(20)4-7-17(16)26-19(11)18(23)13(10-21)8-12-2-5-15(6-3-12)22(24)25/h2-9H,1H3/b13-8+. The van der Waals surface area contributed by atoms with Gasteiger partial charge in [-0.3, -0.25) is 14.9 Å². The van der Waals surface area contributed by atoms with Crippen LogP contribution in [0.2, 0.25) is 5.02 Å². The van der Waals surface area contributed by atoms with E-state index in [1.807, 2.05) is 19.1 Å². The minimum Gasteiger partial charge on any atom is -0.287 e. The third kappa shape index (κ3) is 3.36. The van der Waals surface area contributed by atoms with Crippen molar-refractivity contribution in [3.8, 4) is 6.07 Å². The van der Waals surface area contributed by atoms with Crippen LogP contribution in [0.1, 0.15) is 20.8 Å². The van der Waals surface area contributed by atoms with Crippen LogP contribution in [0, 0.1) is 28.4 Å². The fourth-order valence-electron chi connectivity index (χ4n) is 2.54. The fraction of sp³-hybridized carbons (Fsp3) is 0.0526. The van der Waals surface area contributed by atoms with Gasteiger partial charge >= 0.3 is 0 Å². The van der Waals surface area contributed by atoms with Crippen molar-refractivity contribution >= 4 is 50.6 Å². The molecule has 26 heavy (non-hydrogen) atoms. The van der Waals surface area contributed by atoms with Crippen LogP contribution in [-0.4, -0.2) is 10.7 Å². The molecule has 0 unspecified atom stereocenters. The predicted octanol–water partition coefficient (Wildman–Crippen LogP) is 5.56. The number of Topliss-reactive ketones (excluding diaryl/α,β-unsaturated/α-hetero) is 1. The first-order valence-corrected chi connectivity index (χ1v) is 8.69. The molecule has 0 fully saturated rings. The van der Waals surface area contributed by atoms with Crippen molar-refractivity contribution in [3.63, 3.8) is 0 Å². The van der Waals surface area contributed by atoms with Crippen LogP contribution in [-0.2, 0) is 0 Å². The number of thiophene rings is 1. The van der Waals surface area contributed by atoms with Crippen molar-refractivity contribution in [1.82, 2.24) is 0 Å². The number of carbonyl (C=O) groups excluding carboxylic acids is 1. The Hall–Kier alpha value is -3.01. The average molecular weight is 383 g/mol. The van der Waals surface area contributed by atoms with Gasteiger partial charge in [-0.1, -0.05) is 11.6 Å². The molecule has 128 valence electrons. The second-order valence-electron chi connectivity index (χ2n) is 5.54. The summed E-state index contributed by atoms with van der Waals surface area (Å²) in [5.74, 6) is -0.374. The van der Waals surface area contributed by atoms with Crippen LogP contribution in [0.25, 0.3) is 16.2 Å². The molecule has 0 saturated carbocycles. The summed E-state index contributed by atoms with van der Waals surface area (Å²) in [6.45, 7) is 1.82. The lowest BCUT2D eigenvalue weighted by Crippen LogP contribution is -2.01. The summed E-state index contributed by atoms with van der Waals surface area (Å²) in [6, 6.07) is 13.0. The molecule has 0 N–H and O–H groups in total. The van der Waals surface area contributed by atoms with Gasteiger partial charge in [0.05, 0.1) is 9.80 Å². The highest BCUT2D eigenvalue weighted by atomic mass is 35.5. The second kappa shape index (κ2) is 7.08. The molecule has 3 aromatic rings. The Bertz CT molecular complexity index is 1110. The third-order valence-electron chi connectivity index (χ3n) is 3.88. The Morgan fingerprint density at radius 2 is 1.96 bits per heavy atom. The predicted molar refractivity (Wildman–Crippen MR) is 103 cm³/mol. The Morgan fingerprint density at radius 1 is 1.27 bits per heavy atom.